The van der Waals surface area contributed by atoms with Crippen molar-refractivity contribution in [1.29, 1.82) is 0 Å². The summed E-state index contributed by atoms with van der Waals surface area (Å²) in [7, 11) is 0. The number of rotatable bonds is 7. The molecule has 0 bridgehead atoms. The van der Waals surface area contributed by atoms with Crippen molar-refractivity contribution in [3.8, 4) is 0 Å². The second-order valence-electron chi connectivity index (χ2n) is 4.24. The fourth-order valence-corrected chi connectivity index (χ4v) is 1.76. The van der Waals surface area contributed by atoms with E-state index < -0.39 is 5.97 Å². The number of nitrogens with one attached hydrogen (secondary N) is 1. The molecule has 0 saturated heterocycles. The summed E-state index contributed by atoms with van der Waals surface area (Å²) in [6.07, 6.45) is 4.40. The normalized spacial score (nSPS) is 18.5. The molecule has 1 rings (SSSR count). The third-order valence-corrected chi connectivity index (χ3v) is 3.14. The van der Waals surface area contributed by atoms with Crippen LogP contribution in [-0.2, 0) is 4.79 Å². The second kappa shape index (κ2) is 5.35. The third-order valence-electron chi connectivity index (χ3n) is 3.14. The van der Waals surface area contributed by atoms with Crippen LogP contribution in [0.4, 0.5) is 0 Å². The van der Waals surface area contributed by atoms with E-state index in [2.05, 4.69) is 19.2 Å². The van der Waals surface area contributed by atoms with Gasteiger partial charge in [-0.1, -0.05) is 26.7 Å². The fraction of sp³-hybridized carbons (Fsp3) is 0.909. The van der Waals surface area contributed by atoms with Gasteiger partial charge in [-0.2, -0.15) is 0 Å². The highest BCUT2D eigenvalue weighted by atomic mass is 16.4. The Kier molecular flexibility index (Phi) is 4.39. The van der Waals surface area contributed by atoms with E-state index >= 15 is 0 Å². The molecule has 0 heterocycles. The molecule has 1 aliphatic carbocycles. The van der Waals surface area contributed by atoms with Gasteiger partial charge in [0.2, 0.25) is 0 Å². The highest BCUT2D eigenvalue weighted by Gasteiger charge is 2.35. The van der Waals surface area contributed by atoms with Crippen LogP contribution in [0.5, 0.6) is 0 Å². The van der Waals surface area contributed by atoms with E-state index in [0.717, 1.165) is 32.2 Å². The number of carboxylic acid groups (broad SMARTS) is 1. The van der Waals surface area contributed by atoms with Crippen molar-refractivity contribution in [2.75, 3.05) is 6.54 Å². The molecule has 1 atom stereocenters. The van der Waals surface area contributed by atoms with Gasteiger partial charge in [0.25, 0.3) is 0 Å². The molecular weight excluding hydrogens is 178 g/mol. The predicted octanol–water partition coefficient (Wildman–Crippen LogP) is 1.88. The topological polar surface area (TPSA) is 49.3 Å². The van der Waals surface area contributed by atoms with Crippen molar-refractivity contribution in [3.63, 3.8) is 0 Å². The average molecular weight is 199 g/mol. The molecule has 0 aromatic carbocycles. The van der Waals surface area contributed by atoms with Crippen molar-refractivity contribution >= 4 is 5.97 Å². The van der Waals surface area contributed by atoms with Crippen molar-refractivity contribution in [1.82, 2.24) is 5.32 Å². The number of carbonyl (C=O) groups is 1. The summed E-state index contributed by atoms with van der Waals surface area (Å²) in [5.41, 5.74) is 0. The molecule has 0 aromatic rings. The molecule has 3 heteroatoms. The molecule has 0 aliphatic heterocycles. The molecule has 1 aliphatic rings. The zero-order chi connectivity index (χ0) is 10.6. The first kappa shape index (κ1) is 11.5. The van der Waals surface area contributed by atoms with E-state index in [4.69, 9.17) is 5.11 Å². The molecule has 2 N–H and O–H groups in total. The van der Waals surface area contributed by atoms with E-state index in [0.29, 0.717) is 11.8 Å². The van der Waals surface area contributed by atoms with E-state index in [-0.39, 0.29) is 6.04 Å². The van der Waals surface area contributed by atoms with E-state index in [1.807, 2.05) is 0 Å². The van der Waals surface area contributed by atoms with Gasteiger partial charge in [-0.3, -0.25) is 4.79 Å². The summed E-state index contributed by atoms with van der Waals surface area (Å²) in [6.45, 7) is 5.16. The van der Waals surface area contributed by atoms with Gasteiger partial charge in [-0.25, -0.2) is 0 Å². The first-order valence-electron chi connectivity index (χ1n) is 5.65. The van der Waals surface area contributed by atoms with Gasteiger partial charge in [0, 0.05) is 0 Å². The average Bonchev–Trinajstić information content (AvgIpc) is 2.95. The Labute approximate surface area is 85.9 Å². The number of aliphatic carboxylic acids is 1. The minimum atomic E-state index is -0.682. The summed E-state index contributed by atoms with van der Waals surface area (Å²) >= 11 is 0. The van der Waals surface area contributed by atoms with Gasteiger partial charge in [-0.05, 0) is 31.2 Å². The van der Waals surface area contributed by atoms with Crippen LogP contribution in [0.15, 0.2) is 0 Å². The molecular formula is C11H21NO2. The molecule has 1 saturated carbocycles. The van der Waals surface area contributed by atoms with Crippen molar-refractivity contribution in [2.45, 2.75) is 45.6 Å². The minimum absolute atomic E-state index is 0.296. The molecule has 1 fully saturated rings. The van der Waals surface area contributed by atoms with Crippen LogP contribution < -0.4 is 5.32 Å². The van der Waals surface area contributed by atoms with Crippen LogP contribution in [0, 0.1) is 11.8 Å². The van der Waals surface area contributed by atoms with Crippen molar-refractivity contribution in [2.24, 2.45) is 11.8 Å². The highest BCUT2D eigenvalue weighted by molar-refractivity contribution is 5.74. The Morgan fingerprint density at radius 2 is 2.00 bits per heavy atom. The van der Waals surface area contributed by atoms with E-state index in [1.54, 1.807) is 0 Å². The summed E-state index contributed by atoms with van der Waals surface area (Å²) in [5, 5.41) is 12.2. The molecule has 0 aromatic heterocycles. The summed E-state index contributed by atoms with van der Waals surface area (Å²) in [4.78, 5) is 10.9. The van der Waals surface area contributed by atoms with Gasteiger partial charge in [-0.15, -0.1) is 0 Å². The molecule has 3 nitrogen and oxygen atoms in total. The van der Waals surface area contributed by atoms with Crippen LogP contribution in [0.2, 0.25) is 0 Å². The maximum absolute atomic E-state index is 10.9. The second-order valence-corrected chi connectivity index (χ2v) is 4.24. The fourth-order valence-electron chi connectivity index (χ4n) is 1.76. The summed E-state index contributed by atoms with van der Waals surface area (Å²) in [5.74, 6) is 0.330. The maximum Gasteiger partial charge on any atom is 0.320 e. The quantitative estimate of drug-likeness (QED) is 0.658. The van der Waals surface area contributed by atoms with Gasteiger partial charge in [0.1, 0.15) is 6.04 Å². The smallest absolute Gasteiger partial charge is 0.320 e. The van der Waals surface area contributed by atoms with Crippen LogP contribution in [0.25, 0.3) is 0 Å². The Hall–Kier alpha value is -0.570. The first-order valence-corrected chi connectivity index (χ1v) is 5.65. The van der Waals surface area contributed by atoms with Crippen LogP contribution in [-0.4, -0.2) is 23.7 Å². The van der Waals surface area contributed by atoms with Gasteiger partial charge >= 0.3 is 5.97 Å². The molecule has 82 valence electrons. The zero-order valence-electron chi connectivity index (χ0n) is 9.12. The Morgan fingerprint density at radius 1 is 1.43 bits per heavy atom. The lowest BCUT2D eigenvalue weighted by Gasteiger charge is -2.18. The van der Waals surface area contributed by atoms with Crippen LogP contribution >= 0.6 is 0 Å². The lowest BCUT2D eigenvalue weighted by atomic mass is 10.0. The molecule has 0 amide bonds. The molecule has 0 radical (unpaired) electrons. The van der Waals surface area contributed by atoms with Gasteiger partial charge < -0.3 is 10.4 Å². The number of hydrogen-bond acceptors (Lipinski definition) is 2. The molecule has 14 heavy (non-hydrogen) atoms. The van der Waals surface area contributed by atoms with Crippen LogP contribution in [0.3, 0.4) is 0 Å². The Morgan fingerprint density at radius 3 is 2.36 bits per heavy atom. The standard InChI is InChI=1S/C11H21NO2/c1-3-8(4-2)7-12-10(11(13)14)9-5-6-9/h8-10,12H,3-7H2,1-2H3,(H,13,14). The minimum Gasteiger partial charge on any atom is -0.480 e. The summed E-state index contributed by atoms with van der Waals surface area (Å²) in [6, 6.07) is -0.296. The Bertz CT molecular complexity index is 186. The van der Waals surface area contributed by atoms with Crippen LogP contribution in [0.1, 0.15) is 39.5 Å². The molecule has 0 spiro atoms. The monoisotopic (exact) mass is 199 g/mol. The van der Waals surface area contributed by atoms with Gasteiger partial charge in [0.15, 0.2) is 0 Å². The maximum atomic E-state index is 10.9. The van der Waals surface area contributed by atoms with E-state index in [1.165, 1.54) is 0 Å². The largest absolute Gasteiger partial charge is 0.480 e. The SMILES string of the molecule is CCC(CC)CNC(C(=O)O)C1CC1. The first-order chi connectivity index (χ1) is 6.69. The number of carboxylic acids is 1. The lowest BCUT2D eigenvalue weighted by molar-refractivity contribution is -0.140. The van der Waals surface area contributed by atoms with Crippen molar-refractivity contribution in [3.05, 3.63) is 0 Å². The third kappa shape index (κ3) is 3.29. The van der Waals surface area contributed by atoms with Crippen molar-refractivity contribution < 1.29 is 9.90 Å². The van der Waals surface area contributed by atoms with Gasteiger partial charge in [0.05, 0.1) is 0 Å². The lowest BCUT2D eigenvalue weighted by Crippen LogP contribution is -2.40. The highest BCUT2D eigenvalue weighted by Crippen LogP contribution is 2.32. The van der Waals surface area contributed by atoms with E-state index in [9.17, 15) is 4.79 Å². The predicted molar refractivity (Wildman–Crippen MR) is 56.2 cm³/mol. The number of hydrogen-bond donors (Lipinski definition) is 2. The molecule has 1 unspecified atom stereocenters. The summed E-state index contributed by atoms with van der Waals surface area (Å²) < 4.78 is 0. The Balaban J connectivity index is 2.28. The zero-order valence-corrected chi connectivity index (χ0v) is 9.12.